The first-order valence-corrected chi connectivity index (χ1v) is 12.3. The summed E-state index contributed by atoms with van der Waals surface area (Å²) >= 11 is 0. The Labute approximate surface area is 211 Å². The Bertz CT molecular complexity index is 1060. The average molecular weight is 502 g/mol. The predicted octanol–water partition coefficient (Wildman–Crippen LogP) is 7.16. The third-order valence-electron chi connectivity index (χ3n) is 6.20. The molecule has 0 aromatic heterocycles. The summed E-state index contributed by atoms with van der Waals surface area (Å²) in [5.41, 5.74) is -0.0857. The van der Waals surface area contributed by atoms with Crippen LogP contribution in [0.4, 0.5) is 13.2 Å². The Morgan fingerprint density at radius 1 is 0.861 bits per heavy atom. The molecule has 0 saturated heterocycles. The third-order valence-corrected chi connectivity index (χ3v) is 6.20. The van der Waals surface area contributed by atoms with Crippen LogP contribution in [-0.4, -0.2) is 21.9 Å². The standard InChI is InChI=1S/C29H34F3NO3/c1-4-5-6-7-8-9-10-11-12-22-13-15-23(16-14-22)21-33(26(34)27(35)36)28(2,3)24-17-19-25(20-18-24)29(30,31)32/h13-20H,4-10,21H2,1-3H3,(H,35,36). The number of halogens is 3. The molecule has 1 amide bonds. The zero-order valence-electron chi connectivity index (χ0n) is 21.1. The molecule has 2 aromatic carbocycles. The van der Waals surface area contributed by atoms with Crippen LogP contribution in [0.1, 0.15) is 88.0 Å². The lowest BCUT2D eigenvalue weighted by Gasteiger charge is -2.38. The van der Waals surface area contributed by atoms with Crippen LogP contribution >= 0.6 is 0 Å². The average Bonchev–Trinajstić information content (AvgIpc) is 2.84. The van der Waals surface area contributed by atoms with Crippen LogP contribution in [0.3, 0.4) is 0 Å². The van der Waals surface area contributed by atoms with Crippen molar-refractivity contribution in [2.24, 2.45) is 0 Å². The van der Waals surface area contributed by atoms with Gasteiger partial charge in [-0.05, 0) is 55.7 Å². The number of amides is 1. The van der Waals surface area contributed by atoms with Crippen molar-refractivity contribution < 1.29 is 27.9 Å². The highest BCUT2D eigenvalue weighted by Gasteiger charge is 2.37. The number of hydrogen-bond donors (Lipinski definition) is 1. The fourth-order valence-electron chi connectivity index (χ4n) is 3.90. The largest absolute Gasteiger partial charge is 0.474 e. The minimum atomic E-state index is -4.49. The van der Waals surface area contributed by atoms with E-state index in [4.69, 9.17) is 0 Å². The summed E-state index contributed by atoms with van der Waals surface area (Å²) in [7, 11) is 0. The molecule has 194 valence electrons. The molecule has 1 N–H and O–H groups in total. The van der Waals surface area contributed by atoms with E-state index in [1.54, 1.807) is 26.0 Å². The Morgan fingerprint density at radius 3 is 1.97 bits per heavy atom. The summed E-state index contributed by atoms with van der Waals surface area (Å²) in [5.74, 6) is 3.53. The van der Waals surface area contributed by atoms with Crippen LogP contribution in [0.2, 0.25) is 0 Å². The fraction of sp³-hybridized carbons (Fsp3) is 0.448. The van der Waals surface area contributed by atoms with Crippen LogP contribution in [0, 0.1) is 11.8 Å². The van der Waals surface area contributed by atoms with Gasteiger partial charge in [-0.3, -0.25) is 4.79 Å². The molecule has 2 aromatic rings. The SMILES string of the molecule is CCCCCCCCC#Cc1ccc(CN(C(=O)C(=O)O)C(C)(C)c2ccc(C(F)(F)F)cc2)cc1. The van der Waals surface area contributed by atoms with E-state index in [9.17, 15) is 27.9 Å². The van der Waals surface area contributed by atoms with Crippen molar-refractivity contribution >= 4 is 11.9 Å². The maximum absolute atomic E-state index is 13.0. The lowest BCUT2D eigenvalue weighted by molar-refractivity contribution is -0.159. The first-order chi connectivity index (χ1) is 17.0. The van der Waals surface area contributed by atoms with Gasteiger partial charge in [-0.1, -0.05) is 75.1 Å². The normalized spacial score (nSPS) is 11.5. The molecule has 0 spiro atoms. The molecular formula is C29H34F3NO3. The summed E-state index contributed by atoms with van der Waals surface area (Å²) in [6.45, 7) is 5.39. The molecule has 0 unspecified atom stereocenters. The summed E-state index contributed by atoms with van der Waals surface area (Å²) in [4.78, 5) is 25.3. The monoisotopic (exact) mass is 501 g/mol. The molecule has 36 heavy (non-hydrogen) atoms. The fourth-order valence-corrected chi connectivity index (χ4v) is 3.90. The van der Waals surface area contributed by atoms with Gasteiger partial charge in [0.25, 0.3) is 0 Å². The molecule has 0 atom stereocenters. The van der Waals surface area contributed by atoms with Gasteiger partial charge in [-0.15, -0.1) is 0 Å². The Kier molecular flexibility index (Phi) is 10.6. The van der Waals surface area contributed by atoms with Gasteiger partial charge in [0.05, 0.1) is 11.1 Å². The molecule has 0 aliphatic heterocycles. The maximum atomic E-state index is 13.0. The lowest BCUT2D eigenvalue weighted by Crippen LogP contribution is -2.48. The van der Waals surface area contributed by atoms with Crippen molar-refractivity contribution in [2.45, 2.75) is 84.0 Å². The first kappa shape index (κ1) is 29.0. The molecule has 0 saturated carbocycles. The highest BCUT2D eigenvalue weighted by Crippen LogP contribution is 2.34. The van der Waals surface area contributed by atoms with E-state index < -0.39 is 29.2 Å². The summed E-state index contributed by atoms with van der Waals surface area (Å²) < 4.78 is 38.9. The van der Waals surface area contributed by atoms with Crippen molar-refractivity contribution in [2.75, 3.05) is 0 Å². The van der Waals surface area contributed by atoms with E-state index in [0.717, 1.165) is 35.4 Å². The van der Waals surface area contributed by atoms with E-state index >= 15 is 0 Å². The number of carboxylic acids is 1. The second-order valence-electron chi connectivity index (χ2n) is 9.35. The Morgan fingerprint density at radius 2 is 1.42 bits per heavy atom. The quantitative estimate of drug-likeness (QED) is 0.214. The lowest BCUT2D eigenvalue weighted by atomic mass is 9.90. The Balaban J connectivity index is 2.12. The van der Waals surface area contributed by atoms with E-state index in [1.165, 1.54) is 44.2 Å². The molecule has 4 nitrogen and oxygen atoms in total. The number of aliphatic carboxylic acids is 1. The molecule has 2 rings (SSSR count). The number of carbonyl (C=O) groups is 2. The Hall–Kier alpha value is -3.27. The van der Waals surface area contributed by atoms with Crippen LogP contribution in [0.25, 0.3) is 0 Å². The number of carbonyl (C=O) groups excluding carboxylic acids is 1. The molecule has 7 heteroatoms. The molecule has 0 aliphatic carbocycles. The summed E-state index contributed by atoms with van der Waals surface area (Å²) in [6.07, 6.45) is 3.59. The van der Waals surface area contributed by atoms with Crippen LogP contribution in [0.5, 0.6) is 0 Å². The third kappa shape index (κ3) is 8.44. The second-order valence-corrected chi connectivity index (χ2v) is 9.35. The van der Waals surface area contributed by atoms with Crippen molar-refractivity contribution in [1.29, 1.82) is 0 Å². The van der Waals surface area contributed by atoms with Crippen LogP contribution in [0.15, 0.2) is 48.5 Å². The zero-order valence-corrected chi connectivity index (χ0v) is 21.1. The van der Waals surface area contributed by atoms with Crippen molar-refractivity contribution in [3.63, 3.8) is 0 Å². The van der Waals surface area contributed by atoms with Crippen molar-refractivity contribution in [3.8, 4) is 11.8 Å². The number of carboxylic acid groups (broad SMARTS) is 1. The van der Waals surface area contributed by atoms with Gasteiger partial charge in [0.15, 0.2) is 0 Å². The van der Waals surface area contributed by atoms with Crippen LogP contribution in [-0.2, 0) is 27.8 Å². The molecular weight excluding hydrogens is 467 g/mol. The van der Waals surface area contributed by atoms with Gasteiger partial charge in [-0.25, -0.2) is 4.79 Å². The molecule has 0 radical (unpaired) electrons. The highest BCUT2D eigenvalue weighted by atomic mass is 19.4. The summed E-state index contributed by atoms with van der Waals surface area (Å²) in [6, 6.07) is 11.6. The van der Waals surface area contributed by atoms with Gasteiger partial charge >= 0.3 is 18.1 Å². The van der Waals surface area contributed by atoms with E-state index in [-0.39, 0.29) is 6.54 Å². The molecule has 0 heterocycles. The van der Waals surface area contributed by atoms with E-state index in [1.807, 2.05) is 12.1 Å². The summed E-state index contributed by atoms with van der Waals surface area (Å²) in [5, 5.41) is 9.38. The van der Waals surface area contributed by atoms with Gasteiger partial charge in [0, 0.05) is 18.5 Å². The molecule has 0 aliphatic rings. The number of alkyl halides is 3. The van der Waals surface area contributed by atoms with Crippen molar-refractivity contribution in [3.05, 3.63) is 70.8 Å². The number of hydrogen-bond acceptors (Lipinski definition) is 2. The predicted molar refractivity (Wildman–Crippen MR) is 134 cm³/mol. The molecule has 0 bridgehead atoms. The van der Waals surface area contributed by atoms with E-state index in [0.29, 0.717) is 11.1 Å². The van der Waals surface area contributed by atoms with E-state index in [2.05, 4.69) is 18.8 Å². The van der Waals surface area contributed by atoms with Gasteiger partial charge in [0.1, 0.15) is 0 Å². The number of unbranched alkanes of at least 4 members (excludes halogenated alkanes) is 6. The second kappa shape index (κ2) is 13.2. The van der Waals surface area contributed by atoms with Gasteiger partial charge < -0.3 is 10.0 Å². The number of nitrogens with zero attached hydrogens (tertiary/aromatic N) is 1. The first-order valence-electron chi connectivity index (χ1n) is 12.3. The minimum absolute atomic E-state index is 0.0232. The minimum Gasteiger partial charge on any atom is -0.474 e. The zero-order chi connectivity index (χ0) is 26.8. The van der Waals surface area contributed by atoms with Crippen LogP contribution < -0.4 is 0 Å². The van der Waals surface area contributed by atoms with Gasteiger partial charge in [-0.2, -0.15) is 13.2 Å². The van der Waals surface area contributed by atoms with Crippen molar-refractivity contribution in [1.82, 2.24) is 4.90 Å². The van der Waals surface area contributed by atoms with Gasteiger partial charge in [0.2, 0.25) is 0 Å². The smallest absolute Gasteiger partial charge is 0.416 e. The topological polar surface area (TPSA) is 57.6 Å². The number of rotatable bonds is 10. The number of benzene rings is 2. The maximum Gasteiger partial charge on any atom is 0.416 e. The highest BCUT2D eigenvalue weighted by molar-refractivity contribution is 6.31. The molecule has 0 fully saturated rings.